The van der Waals surface area contributed by atoms with Crippen molar-refractivity contribution < 1.29 is 8.91 Å². The van der Waals surface area contributed by atoms with Crippen molar-refractivity contribution in [3.8, 4) is 11.5 Å². The lowest BCUT2D eigenvalue weighted by atomic mass is 9.82. The van der Waals surface area contributed by atoms with Gasteiger partial charge in [-0.15, -0.1) is 0 Å². The van der Waals surface area contributed by atoms with Crippen molar-refractivity contribution in [1.29, 1.82) is 0 Å². The molecule has 1 fully saturated rings. The molecule has 0 radical (unpaired) electrons. The minimum absolute atomic E-state index is 0.293. The number of benzene rings is 1. The van der Waals surface area contributed by atoms with E-state index in [1.807, 2.05) is 0 Å². The van der Waals surface area contributed by atoms with E-state index in [-0.39, 0.29) is 5.82 Å². The summed E-state index contributed by atoms with van der Waals surface area (Å²) in [7, 11) is 0. The predicted octanol–water partition coefficient (Wildman–Crippen LogP) is 3.76. The summed E-state index contributed by atoms with van der Waals surface area (Å²) in [5.74, 6) is 0.466. The molecular weight excluding hydrogens is 325 g/mol. The summed E-state index contributed by atoms with van der Waals surface area (Å²) in [5.41, 5.74) is 6.40. The number of halogens is 2. The Hall–Kier alpha value is -1.27. The van der Waals surface area contributed by atoms with Crippen molar-refractivity contribution in [2.75, 3.05) is 0 Å². The van der Waals surface area contributed by atoms with E-state index < -0.39 is 5.54 Å². The Labute approximate surface area is 124 Å². The van der Waals surface area contributed by atoms with Crippen LogP contribution in [0, 0.1) is 5.82 Å². The molecule has 6 heteroatoms. The first kappa shape index (κ1) is 13.7. The second kappa shape index (κ2) is 5.26. The molecule has 0 aliphatic heterocycles. The minimum atomic E-state index is -0.514. The molecule has 106 valence electrons. The summed E-state index contributed by atoms with van der Waals surface area (Å²) in [6.07, 6.45) is 5.06. The van der Waals surface area contributed by atoms with Crippen LogP contribution in [0.15, 0.2) is 27.2 Å². The minimum Gasteiger partial charge on any atom is -0.334 e. The average molecular weight is 340 g/mol. The highest BCUT2D eigenvalue weighted by atomic mass is 79.9. The van der Waals surface area contributed by atoms with Crippen molar-refractivity contribution in [3.05, 3.63) is 34.3 Å². The van der Waals surface area contributed by atoms with Gasteiger partial charge in [0.2, 0.25) is 0 Å². The first-order chi connectivity index (χ1) is 9.58. The maximum Gasteiger partial charge on any atom is 0.259 e. The van der Waals surface area contributed by atoms with Crippen molar-refractivity contribution in [2.45, 2.75) is 37.6 Å². The highest BCUT2D eigenvalue weighted by molar-refractivity contribution is 9.10. The summed E-state index contributed by atoms with van der Waals surface area (Å²) in [5, 5.41) is 4.00. The number of nitrogens with zero attached hydrogens (tertiary/aromatic N) is 2. The third kappa shape index (κ3) is 2.50. The van der Waals surface area contributed by atoms with Gasteiger partial charge in [0.05, 0.1) is 11.1 Å². The van der Waals surface area contributed by atoms with E-state index in [0.29, 0.717) is 21.8 Å². The molecule has 1 aromatic carbocycles. The Morgan fingerprint density at radius 3 is 2.75 bits per heavy atom. The zero-order chi connectivity index (χ0) is 14.2. The van der Waals surface area contributed by atoms with E-state index in [1.165, 1.54) is 18.6 Å². The largest absolute Gasteiger partial charge is 0.334 e. The van der Waals surface area contributed by atoms with Crippen molar-refractivity contribution in [3.63, 3.8) is 0 Å². The quantitative estimate of drug-likeness (QED) is 0.904. The number of nitrogens with two attached hydrogens (primary N) is 1. The first-order valence-electron chi connectivity index (χ1n) is 6.67. The van der Waals surface area contributed by atoms with Crippen LogP contribution in [-0.4, -0.2) is 10.1 Å². The Morgan fingerprint density at radius 1 is 1.25 bits per heavy atom. The molecule has 2 N–H and O–H groups in total. The van der Waals surface area contributed by atoms with Gasteiger partial charge in [-0.1, -0.05) is 24.4 Å². The summed E-state index contributed by atoms with van der Waals surface area (Å²) in [6, 6.07) is 4.36. The van der Waals surface area contributed by atoms with E-state index >= 15 is 0 Å². The lowest BCUT2D eigenvalue weighted by molar-refractivity contribution is 0.275. The van der Waals surface area contributed by atoms with Gasteiger partial charge in [0.15, 0.2) is 5.82 Å². The van der Waals surface area contributed by atoms with Gasteiger partial charge in [0, 0.05) is 4.47 Å². The normalized spacial score (nSPS) is 18.1. The highest BCUT2D eigenvalue weighted by Gasteiger charge is 2.34. The molecule has 0 saturated heterocycles. The fourth-order valence-corrected chi connectivity index (χ4v) is 3.02. The molecule has 0 unspecified atom stereocenters. The molecule has 0 atom stereocenters. The Bertz CT molecular complexity index is 623. The monoisotopic (exact) mass is 339 g/mol. The van der Waals surface area contributed by atoms with Gasteiger partial charge in [-0.3, -0.25) is 0 Å². The Morgan fingerprint density at radius 2 is 2.00 bits per heavy atom. The van der Waals surface area contributed by atoms with Crippen LogP contribution in [0.5, 0.6) is 0 Å². The van der Waals surface area contributed by atoms with E-state index in [9.17, 15) is 4.39 Å². The SMILES string of the molecule is NC1(c2noc(-c3cc(F)ccc3Br)n2)CCCCC1. The molecule has 20 heavy (non-hydrogen) atoms. The highest BCUT2D eigenvalue weighted by Crippen LogP contribution is 2.35. The molecule has 1 saturated carbocycles. The first-order valence-corrected chi connectivity index (χ1v) is 7.46. The van der Waals surface area contributed by atoms with Crippen molar-refractivity contribution in [1.82, 2.24) is 10.1 Å². The second-order valence-corrected chi connectivity index (χ2v) is 6.12. The molecule has 0 bridgehead atoms. The van der Waals surface area contributed by atoms with Gasteiger partial charge < -0.3 is 10.3 Å². The number of aromatic nitrogens is 2. The van der Waals surface area contributed by atoms with Crippen LogP contribution in [-0.2, 0) is 5.54 Å². The Balaban J connectivity index is 1.95. The van der Waals surface area contributed by atoms with Gasteiger partial charge in [0.25, 0.3) is 5.89 Å². The molecule has 1 aromatic heterocycles. The zero-order valence-corrected chi connectivity index (χ0v) is 12.5. The molecule has 0 amide bonds. The van der Waals surface area contributed by atoms with Gasteiger partial charge in [-0.2, -0.15) is 4.98 Å². The van der Waals surface area contributed by atoms with Gasteiger partial charge in [-0.25, -0.2) is 4.39 Å². The summed E-state index contributed by atoms with van der Waals surface area (Å²) >= 11 is 3.36. The van der Waals surface area contributed by atoms with E-state index in [0.717, 1.165) is 25.7 Å². The molecule has 4 nitrogen and oxygen atoms in total. The maximum absolute atomic E-state index is 13.3. The summed E-state index contributed by atoms with van der Waals surface area (Å²) < 4.78 is 19.3. The van der Waals surface area contributed by atoms with E-state index in [4.69, 9.17) is 10.3 Å². The van der Waals surface area contributed by atoms with Crippen molar-refractivity contribution in [2.24, 2.45) is 5.73 Å². The van der Waals surface area contributed by atoms with Gasteiger partial charge >= 0.3 is 0 Å². The third-order valence-corrected chi connectivity index (χ3v) is 4.47. The number of rotatable bonds is 2. The molecule has 1 aliphatic carbocycles. The van der Waals surface area contributed by atoms with Gasteiger partial charge in [-0.05, 0) is 47.0 Å². The van der Waals surface area contributed by atoms with Crippen LogP contribution in [0.3, 0.4) is 0 Å². The average Bonchev–Trinajstić information content (AvgIpc) is 2.93. The fourth-order valence-electron chi connectivity index (χ4n) is 2.60. The smallest absolute Gasteiger partial charge is 0.259 e. The van der Waals surface area contributed by atoms with Crippen LogP contribution < -0.4 is 5.73 Å². The lowest BCUT2D eigenvalue weighted by Crippen LogP contribution is -2.39. The van der Waals surface area contributed by atoms with E-state index in [2.05, 4.69) is 26.1 Å². The second-order valence-electron chi connectivity index (χ2n) is 5.26. The van der Waals surface area contributed by atoms with Crippen LogP contribution in [0.2, 0.25) is 0 Å². The van der Waals surface area contributed by atoms with Crippen molar-refractivity contribution >= 4 is 15.9 Å². The maximum atomic E-state index is 13.3. The van der Waals surface area contributed by atoms with E-state index in [1.54, 1.807) is 6.07 Å². The zero-order valence-electron chi connectivity index (χ0n) is 10.9. The molecular formula is C14H15BrFN3O. The molecule has 2 aromatic rings. The topological polar surface area (TPSA) is 64.9 Å². The summed E-state index contributed by atoms with van der Waals surface area (Å²) in [4.78, 5) is 4.38. The fraction of sp³-hybridized carbons (Fsp3) is 0.429. The van der Waals surface area contributed by atoms with Crippen LogP contribution in [0.25, 0.3) is 11.5 Å². The van der Waals surface area contributed by atoms with Crippen LogP contribution >= 0.6 is 15.9 Å². The predicted molar refractivity (Wildman–Crippen MR) is 76.3 cm³/mol. The third-order valence-electron chi connectivity index (χ3n) is 3.78. The standard InChI is InChI=1S/C14H15BrFN3O/c15-11-5-4-9(16)8-10(11)12-18-13(19-20-12)14(17)6-2-1-3-7-14/h4-5,8H,1-3,6-7,17H2. The number of hydrogen-bond donors (Lipinski definition) is 1. The number of hydrogen-bond acceptors (Lipinski definition) is 4. The molecule has 1 heterocycles. The molecule has 0 spiro atoms. The van der Waals surface area contributed by atoms with Crippen LogP contribution in [0.1, 0.15) is 37.9 Å². The Kier molecular flexibility index (Phi) is 3.60. The summed E-state index contributed by atoms with van der Waals surface area (Å²) in [6.45, 7) is 0. The van der Waals surface area contributed by atoms with Crippen LogP contribution in [0.4, 0.5) is 4.39 Å². The lowest BCUT2D eigenvalue weighted by Gasteiger charge is -2.29. The molecule has 1 aliphatic rings. The molecule has 3 rings (SSSR count). The van der Waals surface area contributed by atoms with Gasteiger partial charge in [0.1, 0.15) is 5.82 Å².